The van der Waals surface area contributed by atoms with E-state index in [4.69, 9.17) is 9.15 Å². The molecule has 1 unspecified atom stereocenters. The molecule has 0 radical (unpaired) electrons. The molecule has 0 aliphatic carbocycles. The maximum absolute atomic E-state index is 13.4. The number of hydrogen-bond acceptors (Lipinski definition) is 4. The van der Waals surface area contributed by atoms with Crippen molar-refractivity contribution in [1.29, 1.82) is 0 Å². The normalized spacial score (nSPS) is 18.3. The molecule has 6 heteroatoms. The monoisotopic (exact) mass is 432 g/mol. The molecule has 0 bridgehead atoms. The number of carbonyl (C=O) groups is 2. The first-order valence-corrected chi connectivity index (χ1v) is 11.5. The number of rotatable bonds is 4. The van der Waals surface area contributed by atoms with Crippen molar-refractivity contribution in [3.05, 3.63) is 59.9 Å². The molecule has 2 aromatic carbocycles. The zero-order chi connectivity index (χ0) is 22.1. The molecule has 6 nitrogen and oxygen atoms in total. The van der Waals surface area contributed by atoms with E-state index in [0.717, 1.165) is 55.3 Å². The number of fused-ring (bicyclic) bond motifs is 2. The summed E-state index contributed by atoms with van der Waals surface area (Å²) in [7, 11) is 0. The van der Waals surface area contributed by atoms with Gasteiger partial charge in [-0.3, -0.25) is 9.59 Å². The van der Waals surface area contributed by atoms with E-state index in [0.29, 0.717) is 11.4 Å². The van der Waals surface area contributed by atoms with Gasteiger partial charge in [0.1, 0.15) is 11.3 Å². The van der Waals surface area contributed by atoms with Crippen LogP contribution in [0.15, 0.2) is 53.1 Å². The molecule has 2 aliphatic heterocycles. The van der Waals surface area contributed by atoms with Gasteiger partial charge < -0.3 is 19.0 Å². The Labute approximate surface area is 187 Å². The van der Waals surface area contributed by atoms with Gasteiger partial charge in [-0.15, -0.1) is 0 Å². The SMILES string of the molecule is CCc1ccc2c(CC(=O)N3CC(C(=O)N4CCCCC4)Oc4ccccc43)coc2c1. The summed E-state index contributed by atoms with van der Waals surface area (Å²) in [5.41, 5.74) is 3.57. The van der Waals surface area contributed by atoms with Crippen LogP contribution in [0.4, 0.5) is 5.69 Å². The third-order valence-electron chi connectivity index (χ3n) is 6.49. The van der Waals surface area contributed by atoms with Crippen molar-refractivity contribution < 1.29 is 18.7 Å². The number of carbonyl (C=O) groups excluding carboxylic acids is 2. The van der Waals surface area contributed by atoms with Gasteiger partial charge in [0.15, 0.2) is 6.10 Å². The first-order valence-electron chi connectivity index (χ1n) is 11.5. The molecular formula is C26H28N2O4. The number of hydrogen-bond donors (Lipinski definition) is 0. The molecule has 0 spiro atoms. The van der Waals surface area contributed by atoms with Crippen LogP contribution in [-0.4, -0.2) is 42.5 Å². The minimum Gasteiger partial charge on any atom is -0.476 e. The lowest BCUT2D eigenvalue weighted by atomic mass is 10.1. The summed E-state index contributed by atoms with van der Waals surface area (Å²) in [4.78, 5) is 30.1. The maximum atomic E-state index is 13.4. The van der Waals surface area contributed by atoms with Gasteiger partial charge in [-0.25, -0.2) is 0 Å². The highest BCUT2D eigenvalue weighted by molar-refractivity contribution is 6.00. The van der Waals surface area contributed by atoms with Crippen LogP contribution in [0.3, 0.4) is 0 Å². The van der Waals surface area contributed by atoms with Crippen LogP contribution in [0, 0.1) is 0 Å². The Balaban J connectivity index is 1.40. The fourth-order valence-electron chi connectivity index (χ4n) is 4.66. The molecule has 2 aliphatic rings. The number of benzene rings is 2. The lowest BCUT2D eigenvalue weighted by Gasteiger charge is -2.37. The third kappa shape index (κ3) is 3.85. The predicted molar refractivity (Wildman–Crippen MR) is 123 cm³/mol. The molecule has 1 fully saturated rings. The van der Waals surface area contributed by atoms with Gasteiger partial charge in [-0.2, -0.15) is 0 Å². The van der Waals surface area contributed by atoms with Gasteiger partial charge in [0.2, 0.25) is 5.91 Å². The van der Waals surface area contributed by atoms with Crippen molar-refractivity contribution in [3.8, 4) is 5.75 Å². The number of anilines is 1. The second-order valence-electron chi connectivity index (χ2n) is 8.59. The summed E-state index contributed by atoms with van der Waals surface area (Å²) < 4.78 is 11.8. The molecule has 1 saturated heterocycles. The minimum atomic E-state index is -0.680. The fraction of sp³-hybridized carbons (Fsp3) is 0.385. The molecule has 1 atom stereocenters. The van der Waals surface area contributed by atoms with Crippen LogP contribution in [0.25, 0.3) is 11.0 Å². The highest BCUT2D eigenvalue weighted by atomic mass is 16.5. The van der Waals surface area contributed by atoms with Gasteiger partial charge in [-0.1, -0.05) is 31.2 Å². The van der Waals surface area contributed by atoms with E-state index < -0.39 is 6.10 Å². The van der Waals surface area contributed by atoms with Crippen molar-refractivity contribution in [3.63, 3.8) is 0 Å². The Morgan fingerprint density at radius 1 is 1.06 bits per heavy atom. The van der Waals surface area contributed by atoms with E-state index in [9.17, 15) is 9.59 Å². The first kappa shape index (κ1) is 20.6. The largest absolute Gasteiger partial charge is 0.476 e. The molecule has 0 N–H and O–H groups in total. The van der Waals surface area contributed by atoms with E-state index in [1.807, 2.05) is 41.3 Å². The number of piperidine rings is 1. The smallest absolute Gasteiger partial charge is 0.265 e. The third-order valence-corrected chi connectivity index (χ3v) is 6.49. The molecule has 5 rings (SSSR count). The lowest BCUT2D eigenvalue weighted by Crippen LogP contribution is -2.53. The van der Waals surface area contributed by atoms with Crippen LogP contribution < -0.4 is 9.64 Å². The summed E-state index contributed by atoms with van der Waals surface area (Å²) in [5, 5.41) is 0.957. The molecule has 3 aromatic rings. The maximum Gasteiger partial charge on any atom is 0.265 e. The summed E-state index contributed by atoms with van der Waals surface area (Å²) in [6, 6.07) is 13.6. The van der Waals surface area contributed by atoms with Gasteiger partial charge >= 0.3 is 0 Å². The Morgan fingerprint density at radius 3 is 2.69 bits per heavy atom. The van der Waals surface area contributed by atoms with E-state index in [1.165, 1.54) is 5.56 Å². The first-order chi connectivity index (χ1) is 15.6. The topological polar surface area (TPSA) is 63.0 Å². The van der Waals surface area contributed by atoms with Crippen LogP contribution in [-0.2, 0) is 22.4 Å². The second-order valence-corrected chi connectivity index (χ2v) is 8.59. The molecule has 1 aromatic heterocycles. The molecule has 166 valence electrons. The molecule has 0 saturated carbocycles. The molecule has 2 amide bonds. The van der Waals surface area contributed by atoms with Crippen molar-refractivity contribution in [1.82, 2.24) is 4.90 Å². The van der Waals surface area contributed by atoms with Gasteiger partial charge in [0.05, 0.1) is 24.9 Å². The zero-order valence-electron chi connectivity index (χ0n) is 18.4. The minimum absolute atomic E-state index is 0.0298. The van der Waals surface area contributed by atoms with Crippen LogP contribution >= 0.6 is 0 Å². The summed E-state index contributed by atoms with van der Waals surface area (Å²) in [6.07, 6.45) is 5.32. The van der Waals surface area contributed by atoms with Crippen LogP contribution in [0.2, 0.25) is 0 Å². The number of aryl methyl sites for hydroxylation is 1. The average molecular weight is 433 g/mol. The predicted octanol–water partition coefficient (Wildman–Crippen LogP) is 4.34. The number of para-hydroxylation sites is 2. The number of furan rings is 1. The Kier molecular flexibility index (Phi) is 5.60. The highest BCUT2D eigenvalue weighted by Crippen LogP contribution is 2.34. The van der Waals surface area contributed by atoms with E-state index in [-0.39, 0.29) is 24.8 Å². The number of amides is 2. The zero-order valence-corrected chi connectivity index (χ0v) is 18.4. The molecule has 32 heavy (non-hydrogen) atoms. The van der Waals surface area contributed by atoms with Crippen molar-refractivity contribution in [2.75, 3.05) is 24.5 Å². The van der Waals surface area contributed by atoms with Gasteiger partial charge in [0, 0.05) is 24.0 Å². The Morgan fingerprint density at radius 2 is 1.88 bits per heavy atom. The fourth-order valence-corrected chi connectivity index (χ4v) is 4.66. The number of nitrogens with zero attached hydrogens (tertiary/aromatic N) is 2. The second kappa shape index (κ2) is 8.69. The summed E-state index contributed by atoms with van der Waals surface area (Å²) in [6.45, 7) is 3.84. The summed E-state index contributed by atoms with van der Waals surface area (Å²) in [5.74, 6) is 0.476. The summed E-state index contributed by atoms with van der Waals surface area (Å²) >= 11 is 0. The van der Waals surface area contributed by atoms with Crippen LogP contribution in [0.1, 0.15) is 37.3 Å². The molecule has 3 heterocycles. The standard InChI is InChI=1S/C26H28N2O4/c1-2-18-10-11-20-19(17-31-23(20)14-18)15-25(29)28-16-24(26(30)27-12-6-3-7-13-27)32-22-9-5-4-8-21(22)28/h4-5,8-11,14,17,24H,2-3,6-7,12-13,15-16H2,1H3. The molecular weight excluding hydrogens is 404 g/mol. The van der Waals surface area contributed by atoms with Crippen molar-refractivity contribution >= 4 is 28.5 Å². The highest BCUT2D eigenvalue weighted by Gasteiger charge is 2.36. The van der Waals surface area contributed by atoms with Crippen LogP contribution in [0.5, 0.6) is 5.75 Å². The number of ether oxygens (including phenoxy) is 1. The average Bonchev–Trinajstić information content (AvgIpc) is 3.25. The van der Waals surface area contributed by atoms with E-state index >= 15 is 0 Å². The quantitative estimate of drug-likeness (QED) is 0.615. The van der Waals surface area contributed by atoms with Crippen molar-refractivity contribution in [2.24, 2.45) is 0 Å². The van der Waals surface area contributed by atoms with Gasteiger partial charge in [-0.05, 0) is 49.4 Å². The van der Waals surface area contributed by atoms with Crippen molar-refractivity contribution in [2.45, 2.75) is 45.1 Å². The van der Waals surface area contributed by atoms with E-state index in [2.05, 4.69) is 13.0 Å². The lowest BCUT2D eigenvalue weighted by molar-refractivity contribution is -0.139. The number of likely N-dealkylation sites (tertiary alicyclic amines) is 1. The van der Waals surface area contributed by atoms with E-state index in [1.54, 1.807) is 11.2 Å². The Bertz CT molecular complexity index is 1150. The Hall–Kier alpha value is -3.28. The van der Waals surface area contributed by atoms with Gasteiger partial charge in [0.25, 0.3) is 5.91 Å².